The molecule has 4 N–H and O–H groups in total. The summed E-state index contributed by atoms with van der Waals surface area (Å²) in [6.45, 7) is 8.31. The van der Waals surface area contributed by atoms with Gasteiger partial charge >= 0.3 is 12.2 Å². The van der Waals surface area contributed by atoms with Crippen molar-refractivity contribution in [3.8, 4) is 12.8 Å². The van der Waals surface area contributed by atoms with E-state index in [4.69, 9.17) is 19.9 Å². The number of fused-ring (bicyclic) bond motifs is 2. The number of unbranched alkanes of at least 4 members (excludes halogenated alkanes) is 1. The second kappa shape index (κ2) is 20.8. The monoisotopic (exact) mass is 682 g/mol. The third-order valence-electron chi connectivity index (χ3n) is 8.94. The van der Waals surface area contributed by atoms with Gasteiger partial charge in [0.15, 0.2) is 6.29 Å². The number of hydrogen-bond donors (Lipinski definition) is 3. The van der Waals surface area contributed by atoms with Crippen molar-refractivity contribution in [3.05, 3.63) is 60.2 Å². The smallest absolute Gasteiger partial charge is 0.407 e. The van der Waals surface area contributed by atoms with Crippen molar-refractivity contribution >= 4 is 29.8 Å². The zero-order chi connectivity index (χ0) is 34.8. The fraction of sp³-hybridized carbons (Fsp3) is 0.568. The van der Waals surface area contributed by atoms with Crippen molar-refractivity contribution in [3.63, 3.8) is 0 Å². The predicted molar refractivity (Wildman–Crippen MR) is 191 cm³/mol. The molecule has 4 atom stereocenters. The van der Waals surface area contributed by atoms with Crippen LogP contribution in [-0.4, -0.2) is 75.4 Å². The lowest BCUT2D eigenvalue weighted by Gasteiger charge is -2.27. The SMILES string of the molecule is C#C.COC(=O)NCCCCC1(CN(CCCNC(=O)OC2CCOC3OCC2C3C)Sc2ccc(N)cc2)CC1.Cc1ccccc1. The number of carbonyl (C=O) groups excluding carboxylic acids is 2. The van der Waals surface area contributed by atoms with Gasteiger partial charge < -0.3 is 35.3 Å². The Morgan fingerprint density at radius 2 is 1.69 bits per heavy atom. The summed E-state index contributed by atoms with van der Waals surface area (Å²) >= 11 is 1.75. The minimum absolute atomic E-state index is 0.178. The molecule has 0 aromatic heterocycles. The molecule has 2 saturated heterocycles. The highest BCUT2D eigenvalue weighted by atomic mass is 32.2. The average Bonchev–Trinajstić information content (AvgIpc) is 3.78. The van der Waals surface area contributed by atoms with Gasteiger partial charge in [-0.1, -0.05) is 49.2 Å². The Kier molecular flexibility index (Phi) is 16.9. The first kappa shape index (κ1) is 39.0. The highest BCUT2D eigenvalue weighted by molar-refractivity contribution is 7.97. The predicted octanol–water partition coefficient (Wildman–Crippen LogP) is 6.64. The van der Waals surface area contributed by atoms with Gasteiger partial charge in [0, 0.05) is 55.0 Å². The molecule has 2 heterocycles. The molecule has 3 aliphatic rings. The van der Waals surface area contributed by atoms with Crippen molar-refractivity contribution < 1.29 is 28.5 Å². The Morgan fingerprint density at radius 1 is 1.00 bits per heavy atom. The fourth-order valence-corrected chi connectivity index (χ4v) is 7.05. The molecule has 2 amide bonds. The van der Waals surface area contributed by atoms with Crippen LogP contribution in [0.15, 0.2) is 59.5 Å². The standard InChI is InChI=1S/C28H44N4O6S.C7H8.C2H2/c1-20-23-18-37-25(20)36-17-10-24(23)38-27(34)31-15-5-16-32(39-22-8-6-21(29)7-9-22)19-28(12-13-28)11-3-4-14-30-26(33)35-2;1-7-5-3-2-4-6-7;1-2/h6-9,20,23-25H,3-5,10-19,29H2,1-2H3,(H,30,33)(H,31,34);2-6H,1H3;1-2H. The number of terminal acetylenes is 1. The number of rotatable bonds is 14. The van der Waals surface area contributed by atoms with Gasteiger partial charge in [0.25, 0.3) is 0 Å². The maximum absolute atomic E-state index is 12.6. The summed E-state index contributed by atoms with van der Waals surface area (Å²) in [5.41, 5.74) is 8.27. The van der Waals surface area contributed by atoms with Crippen LogP contribution in [-0.2, 0) is 18.9 Å². The van der Waals surface area contributed by atoms with E-state index in [1.165, 1.54) is 25.5 Å². The second-order valence-corrected chi connectivity index (χ2v) is 13.8. The van der Waals surface area contributed by atoms with E-state index < -0.39 is 0 Å². The third-order valence-corrected chi connectivity index (χ3v) is 10.00. The lowest BCUT2D eigenvalue weighted by molar-refractivity contribution is -0.131. The topological polar surface area (TPSA) is 124 Å². The Hall–Kier alpha value is -3.43. The van der Waals surface area contributed by atoms with E-state index in [-0.39, 0.29) is 36.4 Å². The molecule has 2 aliphatic heterocycles. The molecular formula is C37H54N4O6S. The number of hydrogen-bond acceptors (Lipinski definition) is 9. The summed E-state index contributed by atoms with van der Waals surface area (Å²) in [5, 5.41) is 5.71. The van der Waals surface area contributed by atoms with Crippen LogP contribution in [0.4, 0.5) is 15.3 Å². The van der Waals surface area contributed by atoms with E-state index in [2.05, 4.69) is 70.6 Å². The molecule has 10 nitrogen and oxygen atoms in total. The molecular weight excluding hydrogens is 628 g/mol. The number of carbonyl (C=O) groups is 2. The Morgan fingerprint density at radius 3 is 2.33 bits per heavy atom. The third kappa shape index (κ3) is 13.6. The van der Waals surface area contributed by atoms with Crippen molar-refractivity contribution in [1.82, 2.24) is 14.9 Å². The zero-order valence-electron chi connectivity index (χ0n) is 28.7. The van der Waals surface area contributed by atoms with Crippen LogP contribution in [0.1, 0.15) is 57.4 Å². The number of alkyl carbamates (subject to hydrolysis) is 2. The maximum Gasteiger partial charge on any atom is 0.407 e. The molecule has 0 radical (unpaired) electrons. The average molecular weight is 683 g/mol. The Balaban J connectivity index is 0.000000607. The van der Waals surface area contributed by atoms with Crippen LogP contribution in [0.5, 0.6) is 0 Å². The molecule has 5 rings (SSSR count). The molecule has 0 spiro atoms. The van der Waals surface area contributed by atoms with Gasteiger partial charge in [-0.05, 0) is 80.7 Å². The quantitative estimate of drug-likeness (QED) is 0.0871. The largest absolute Gasteiger partial charge is 0.453 e. The minimum Gasteiger partial charge on any atom is -0.453 e. The molecule has 2 bridgehead atoms. The van der Waals surface area contributed by atoms with E-state index in [1.54, 1.807) is 11.9 Å². The first-order valence-corrected chi connectivity index (χ1v) is 17.7. The molecule has 11 heteroatoms. The molecule has 264 valence electrons. The summed E-state index contributed by atoms with van der Waals surface area (Å²) in [7, 11) is 1.38. The number of amides is 2. The van der Waals surface area contributed by atoms with E-state index >= 15 is 0 Å². The number of nitrogens with one attached hydrogen (secondary N) is 2. The molecule has 2 aromatic rings. The number of anilines is 1. The summed E-state index contributed by atoms with van der Waals surface area (Å²) in [4.78, 5) is 25.0. The first-order chi connectivity index (χ1) is 23.3. The van der Waals surface area contributed by atoms with Gasteiger partial charge in [0.2, 0.25) is 0 Å². The molecule has 2 aromatic carbocycles. The van der Waals surface area contributed by atoms with E-state index in [1.807, 2.05) is 30.3 Å². The van der Waals surface area contributed by atoms with Gasteiger partial charge in [0.05, 0.1) is 20.3 Å². The number of nitrogens with two attached hydrogens (primary N) is 1. The van der Waals surface area contributed by atoms with E-state index in [0.717, 1.165) is 49.4 Å². The number of methoxy groups -OCH3 is 1. The van der Waals surface area contributed by atoms with Crippen molar-refractivity contribution in [2.75, 3.05) is 52.2 Å². The highest BCUT2D eigenvalue weighted by Gasteiger charge is 2.44. The molecule has 4 unspecified atom stereocenters. The lowest BCUT2D eigenvalue weighted by atomic mass is 9.90. The molecule has 3 fully saturated rings. The summed E-state index contributed by atoms with van der Waals surface area (Å²) in [6.07, 6.45) is 14.0. The Labute approximate surface area is 291 Å². The fourth-order valence-electron chi connectivity index (χ4n) is 5.94. The summed E-state index contributed by atoms with van der Waals surface area (Å²) in [5.74, 6) is 0.407. The van der Waals surface area contributed by atoms with Crippen LogP contribution in [0, 0.1) is 37.0 Å². The summed E-state index contributed by atoms with van der Waals surface area (Å²) < 4.78 is 24.2. The lowest BCUT2D eigenvalue weighted by Crippen LogP contribution is -2.36. The van der Waals surface area contributed by atoms with Crippen LogP contribution in [0.3, 0.4) is 0 Å². The van der Waals surface area contributed by atoms with Gasteiger partial charge in [-0.25, -0.2) is 13.9 Å². The van der Waals surface area contributed by atoms with E-state index in [9.17, 15) is 9.59 Å². The van der Waals surface area contributed by atoms with E-state index in [0.29, 0.717) is 38.1 Å². The van der Waals surface area contributed by atoms with Crippen LogP contribution in [0.2, 0.25) is 0 Å². The number of nitrogens with zero attached hydrogens (tertiary/aromatic N) is 1. The van der Waals surface area contributed by atoms with Gasteiger partial charge in [-0.15, -0.1) is 12.8 Å². The van der Waals surface area contributed by atoms with Gasteiger partial charge in [-0.3, -0.25) is 0 Å². The number of ether oxygens (including phenoxy) is 4. The number of aryl methyl sites for hydroxylation is 1. The van der Waals surface area contributed by atoms with Gasteiger partial charge in [0.1, 0.15) is 6.10 Å². The van der Waals surface area contributed by atoms with Crippen LogP contribution in [0.25, 0.3) is 0 Å². The van der Waals surface area contributed by atoms with Crippen molar-refractivity contribution in [2.45, 2.75) is 76.1 Å². The Bertz CT molecular complexity index is 1240. The molecule has 1 aliphatic carbocycles. The first-order valence-electron chi connectivity index (χ1n) is 16.9. The maximum atomic E-state index is 12.6. The second-order valence-electron chi connectivity index (χ2n) is 12.7. The highest BCUT2D eigenvalue weighted by Crippen LogP contribution is 2.51. The van der Waals surface area contributed by atoms with Gasteiger partial charge in [-0.2, -0.15) is 0 Å². The summed E-state index contributed by atoms with van der Waals surface area (Å²) in [6, 6.07) is 18.2. The van der Waals surface area contributed by atoms with Crippen LogP contribution >= 0.6 is 11.9 Å². The number of nitrogen functional groups attached to an aromatic ring is 1. The molecule has 1 saturated carbocycles. The normalized spacial score (nSPS) is 21.7. The zero-order valence-corrected chi connectivity index (χ0v) is 29.6. The van der Waals surface area contributed by atoms with Crippen molar-refractivity contribution in [2.24, 2.45) is 17.3 Å². The van der Waals surface area contributed by atoms with Crippen LogP contribution < -0.4 is 16.4 Å². The van der Waals surface area contributed by atoms with Crippen molar-refractivity contribution in [1.29, 1.82) is 0 Å². The minimum atomic E-state index is -0.376. The number of benzene rings is 2. The molecule has 48 heavy (non-hydrogen) atoms.